The molecular weight excluding hydrogens is 550 g/mol. The molecule has 2 aromatic carbocycles. The monoisotopic (exact) mass is 577 g/mol. The highest BCUT2D eigenvalue weighted by Crippen LogP contribution is 2.38. The minimum Gasteiger partial charge on any atom is -0.494 e. The Balaban J connectivity index is 1.10. The summed E-state index contributed by atoms with van der Waals surface area (Å²) in [5.74, 6) is -0.0259. The summed E-state index contributed by atoms with van der Waals surface area (Å²) < 4.78 is 11.7. The number of rotatable bonds is 7. The van der Waals surface area contributed by atoms with Gasteiger partial charge >= 0.3 is 5.97 Å². The number of benzene rings is 2. The number of methoxy groups -OCH3 is 1. The van der Waals surface area contributed by atoms with Crippen LogP contribution in [0.3, 0.4) is 0 Å². The van der Waals surface area contributed by atoms with Crippen LogP contribution < -0.4 is 15.0 Å². The molecule has 12 heteroatoms. The van der Waals surface area contributed by atoms with Crippen molar-refractivity contribution in [3.63, 3.8) is 0 Å². The maximum atomic E-state index is 13.1. The minimum absolute atomic E-state index is 0.120. The van der Waals surface area contributed by atoms with Gasteiger partial charge in [-0.05, 0) is 43.5 Å². The van der Waals surface area contributed by atoms with Crippen LogP contribution in [-0.2, 0) is 9.59 Å². The molecule has 1 amide bonds. The largest absolute Gasteiger partial charge is 0.494 e. The summed E-state index contributed by atoms with van der Waals surface area (Å²) in [7, 11) is 1.55. The molecule has 0 spiro atoms. The van der Waals surface area contributed by atoms with Crippen LogP contribution in [0.15, 0.2) is 65.3 Å². The lowest BCUT2D eigenvalue weighted by molar-refractivity contribution is -0.138. The fourth-order valence-corrected chi connectivity index (χ4v) is 5.87. The van der Waals surface area contributed by atoms with Crippen LogP contribution >= 0.6 is 0 Å². The minimum atomic E-state index is -0.985. The number of carboxylic acid groups (broad SMARTS) is 1. The van der Waals surface area contributed by atoms with Gasteiger partial charge in [-0.15, -0.1) is 0 Å². The van der Waals surface area contributed by atoms with Gasteiger partial charge in [0.05, 0.1) is 30.7 Å². The van der Waals surface area contributed by atoms with E-state index < -0.39 is 12.0 Å². The average molecular weight is 578 g/mol. The van der Waals surface area contributed by atoms with Crippen LogP contribution in [-0.4, -0.2) is 61.8 Å². The molecule has 1 aliphatic heterocycles. The SMILES string of the molecule is COc1cc(NC(=O)C[C@H]2C[C@@H](C(=O)O)N(c3nc(C)nc4c3oc3ccccc34)C2)cnc1-c1ccc2[nH]ncc2c1. The standard InChI is InChI=1S/C31H27N7O5/c1-16-34-28-21-5-3-4-6-24(21)43-29(28)30(35-16)38-15-17(9-23(38)31(40)41)10-26(39)36-20-12-25(42-2)27(32-14-20)18-7-8-22-19(11-18)13-33-37-22/h3-8,11-14,17,23H,9-10,15H2,1-2H3,(H,33,37)(H,36,39)(H,40,41)/t17-,23+/m1/s1. The van der Waals surface area contributed by atoms with E-state index in [0.29, 0.717) is 52.0 Å². The zero-order valence-electron chi connectivity index (χ0n) is 23.4. The van der Waals surface area contributed by atoms with Gasteiger partial charge in [-0.25, -0.2) is 14.8 Å². The molecule has 4 aromatic heterocycles. The summed E-state index contributed by atoms with van der Waals surface area (Å²) in [4.78, 5) is 40.9. The van der Waals surface area contributed by atoms with E-state index in [-0.39, 0.29) is 24.7 Å². The number of pyridine rings is 1. The van der Waals surface area contributed by atoms with E-state index >= 15 is 0 Å². The number of aliphatic carboxylic acids is 1. The van der Waals surface area contributed by atoms with E-state index in [9.17, 15) is 14.7 Å². The third-order valence-corrected chi connectivity index (χ3v) is 7.80. The number of aryl methyl sites for hydroxylation is 1. The number of aromatic nitrogens is 5. The Kier molecular flexibility index (Phi) is 6.38. The summed E-state index contributed by atoms with van der Waals surface area (Å²) in [6, 6.07) is 14.2. The molecule has 0 radical (unpaired) electrons. The second-order valence-corrected chi connectivity index (χ2v) is 10.7. The molecule has 12 nitrogen and oxygen atoms in total. The number of carbonyl (C=O) groups is 2. The lowest BCUT2D eigenvalue weighted by Crippen LogP contribution is -2.36. The molecule has 5 heterocycles. The number of hydrogen-bond acceptors (Lipinski definition) is 9. The van der Waals surface area contributed by atoms with Crippen molar-refractivity contribution in [2.45, 2.75) is 25.8 Å². The van der Waals surface area contributed by atoms with Crippen molar-refractivity contribution in [1.82, 2.24) is 25.1 Å². The van der Waals surface area contributed by atoms with Crippen molar-refractivity contribution < 1.29 is 23.8 Å². The Morgan fingerprint density at radius 2 is 2.02 bits per heavy atom. The van der Waals surface area contributed by atoms with Gasteiger partial charge in [0.1, 0.15) is 34.4 Å². The first-order chi connectivity index (χ1) is 20.9. The highest BCUT2D eigenvalue weighted by Gasteiger charge is 2.40. The molecule has 1 fully saturated rings. The van der Waals surface area contributed by atoms with Gasteiger partial charge in [0.2, 0.25) is 5.91 Å². The Hall–Kier alpha value is -5.52. The lowest BCUT2D eigenvalue weighted by Gasteiger charge is -2.22. The molecule has 3 N–H and O–H groups in total. The predicted molar refractivity (Wildman–Crippen MR) is 160 cm³/mol. The molecule has 43 heavy (non-hydrogen) atoms. The number of furan rings is 1. The van der Waals surface area contributed by atoms with Crippen LogP contribution in [0.2, 0.25) is 0 Å². The van der Waals surface area contributed by atoms with E-state index in [1.54, 1.807) is 37.4 Å². The van der Waals surface area contributed by atoms with Gasteiger partial charge in [-0.3, -0.25) is 14.9 Å². The van der Waals surface area contributed by atoms with Crippen LogP contribution in [0.4, 0.5) is 11.5 Å². The number of ether oxygens (including phenoxy) is 1. The molecule has 1 aliphatic rings. The molecule has 0 aliphatic carbocycles. The van der Waals surface area contributed by atoms with Crippen LogP contribution in [0.25, 0.3) is 44.2 Å². The summed E-state index contributed by atoms with van der Waals surface area (Å²) in [5, 5.41) is 21.8. The number of nitrogens with one attached hydrogen (secondary N) is 2. The van der Waals surface area contributed by atoms with E-state index in [2.05, 4.69) is 30.5 Å². The summed E-state index contributed by atoms with van der Waals surface area (Å²) in [5.41, 5.74) is 4.61. The molecule has 0 saturated carbocycles. The molecule has 0 unspecified atom stereocenters. The number of H-pyrrole nitrogens is 1. The number of nitrogens with zero attached hydrogens (tertiary/aromatic N) is 5. The van der Waals surface area contributed by atoms with E-state index in [0.717, 1.165) is 21.9 Å². The van der Waals surface area contributed by atoms with Gasteiger partial charge in [0, 0.05) is 35.4 Å². The van der Waals surface area contributed by atoms with Crippen molar-refractivity contribution in [2.24, 2.45) is 5.92 Å². The maximum absolute atomic E-state index is 13.1. The van der Waals surface area contributed by atoms with Gasteiger partial charge in [-0.2, -0.15) is 5.10 Å². The van der Waals surface area contributed by atoms with Gasteiger partial charge in [0.25, 0.3) is 0 Å². The number of aromatic amines is 1. The van der Waals surface area contributed by atoms with E-state index in [1.807, 2.05) is 42.5 Å². The van der Waals surface area contributed by atoms with Crippen LogP contribution in [0, 0.1) is 12.8 Å². The van der Waals surface area contributed by atoms with Crippen LogP contribution in [0.5, 0.6) is 5.75 Å². The first-order valence-corrected chi connectivity index (χ1v) is 13.8. The number of amides is 1. The first kappa shape index (κ1) is 26.4. The van der Waals surface area contributed by atoms with Crippen molar-refractivity contribution >= 4 is 56.4 Å². The highest BCUT2D eigenvalue weighted by molar-refractivity contribution is 6.06. The third-order valence-electron chi connectivity index (χ3n) is 7.80. The molecule has 0 bridgehead atoms. The van der Waals surface area contributed by atoms with Gasteiger partial charge in [0.15, 0.2) is 11.4 Å². The number of fused-ring (bicyclic) bond motifs is 4. The molecule has 7 rings (SSSR count). The van der Waals surface area contributed by atoms with Gasteiger partial charge in [-0.1, -0.05) is 18.2 Å². The molecule has 6 aromatic rings. The highest BCUT2D eigenvalue weighted by atomic mass is 16.5. The fraction of sp³-hybridized carbons (Fsp3) is 0.226. The number of anilines is 2. The quantitative estimate of drug-likeness (QED) is 0.237. The zero-order chi connectivity index (χ0) is 29.7. The van der Waals surface area contributed by atoms with Crippen molar-refractivity contribution in [3.05, 3.63) is 66.7 Å². The number of carboxylic acids is 1. The summed E-state index contributed by atoms with van der Waals surface area (Å²) >= 11 is 0. The molecular formula is C31H27N7O5. The first-order valence-electron chi connectivity index (χ1n) is 13.8. The Morgan fingerprint density at radius 1 is 1.16 bits per heavy atom. The second-order valence-electron chi connectivity index (χ2n) is 10.7. The number of para-hydroxylation sites is 1. The second kappa shape index (κ2) is 10.4. The van der Waals surface area contributed by atoms with Crippen LogP contribution in [0.1, 0.15) is 18.7 Å². The number of carbonyl (C=O) groups excluding carboxylic acids is 1. The Labute approximate surface area is 244 Å². The normalized spacial score (nSPS) is 16.7. The summed E-state index contributed by atoms with van der Waals surface area (Å²) in [6.45, 7) is 2.09. The van der Waals surface area contributed by atoms with Crippen molar-refractivity contribution in [1.29, 1.82) is 0 Å². The lowest BCUT2D eigenvalue weighted by atomic mass is 10.0. The molecule has 216 valence electrons. The topological polar surface area (TPSA) is 159 Å². The average Bonchev–Trinajstić information content (AvgIpc) is 3.73. The summed E-state index contributed by atoms with van der Waals surface area (Å²) in [6.07, 6.45) is 3.72. The van der Waals surface area contributed by atoms with Gasteiger partial charge < -0.3 is 24.5 Å². The zero-order valence-corrected chi connectivity index (χ0v) is 23.4. The molecule has 2 atom stereocenters. The molecule has 1 saturated heterocycles. The van der Waals surface area contributed by atoms with E-state index in [4.69, 9.17) is 9.15 Å². The Morgan fingerprint density at radius 3 is 2.86 bits per heavy atom. The third kappa shape index (κ3) is 4.76. The maximum Gasteiger partial charge on any atom is 0.326 e. The smallest absolute Gasteiger partial charge is 0.326 e. The fourth-order valence-electron chi connectivity index (χ4n) is 5.87. The van der Waals surface area contributed by atoms with Crippen molar-refractivity contribution in [2.75, 3.05) is 23.9 Å². The van der Waals surface area contributed by atoms with Crippen molar-refractivity contribution in [3.8, 4) is 17.0 Å². The van der Waals surface area contributed by atoms with E-state index in [1.165, 1.54) is 0 Å². The predicted octanol–water partition coefficient (Wildman–Crippen LogP) is 4.94. The number of hydrogen-bond donors (Lipinski definition) is 3. The Bertz CT molecular complexity index is 2030.